The number of hydrogen-bond acceptors (Lipinski definition) is 6. The largest absolute Gasteiger partial charge is 0.329 e. The molecule has 0 fully saturated rings. The van der Waals surface area contributed by atoms with Gasteiger partial charge in [0.25, 0.3) is 0 Å². The topological polar surface area (TPSA) is 98.7 Å². The normalized spacial score (nSPS) is 10.6. The van der Waals surface area contributed by atoms with Gasteiger partial charge in [0, 0.05) is 6.54 Å². The van der Waals surface area contributed by atoms with Crippen molar-refractivity contribution in [1.82, 2.24) is 20.2 Å². The van der Waals surface area contributed by atoms with E-state index in [9.17, 15) is 4.79 Å². The highest BCUT2D eigenvalue weighted by Gasteiger charge is 2.11. The lowest BCUT2D eigenvalue weighted by atomic mass is 10.3. The number of aromatic nitrogens is 4. The number of tetrazole rings is 1. The molecule has 7 nitrogen and oxygen atoms in total. The third kappa shape index (κ3) is 4.31. The van der Waals surface area contributed by atoms with E-state index in [1.54, 1.807) is 22.9 Å². The molecule has 0 aliphatic heterocycles. The second kappa shape index (κ2) is 7.60. The predicted octanol–water partition coefficient (Wildman–Crippen LogP) is 1.67. The van der Waals surface area contributed by atoms with Crippen LogP contribution in [0.5, 0.6) is 0 Å². The minimum Gasteiger partial charge on any atom is -0.329 e. The third-order valence-corrected chi connectivity index (χ3v) is 4.17. The first-order chi connectivity index (χ1) is 10.1. The van der Waals surface area contributed by atoms with Gasteiger partial charge in [0.15, 0.2) is 0 Å². The Bertz CT molecular complexity index is 635. The zero-order valence-electron chi connectivity index (χ0n) is 10.8. The maximum atomic E-state index is 11.9. The monoisotopic (exact) mass is 346 g/mol. The van der Waals surface area contributed by atoms with Gasteiger partial charge in [-0.25, -0.2) is 4.68 Å². The lowest BCUT2D eigenvalue weighted by Crippen LogP contribution is -2.16. The summed E-state index contributed by atoms with van der Waals surface area (Å²) in [5.41, 5.74) is 5.91. The van der Waals surface area contributed by atoms with Crippen LogP contribution in [0.3, 0.4) is 0 Å². The number of halogens is 2. The van der Waals surface area contributed by atoms with Crippen molar-refractivity contribution in [2.75, 3.05) is 17.6 Å². The molecule has 0 unspecified atom stereocenters. The fourth-order valence-corrected chi connectivity index (χ4v) is 2.53. The van der Waals surface area contributed by atoms with E-state index in [0.717, 1.165) is 0 Å². The number of anilines is 1. The van der Waals surface area contributed by atoms with Crippen LogP contribution in [0.2, 0.25) is 10.0 Å². The molecule has 0 saturated heterocycles. The Balaban J connectivity index is 1.93. The van der Waals surface area contributed by atoms with Crippen molar-refractivity contribution in [3.05, 3.63) is 28.2 Å². The molecule has 0 saturated carbocycles. The number of benzene rings is 1. The SMILES string of the molecule is NCCn1nnnc1SCC(=O)Nc1cccc(Cl)c1Cl. The summed E-state index contributed by atoms with van der Waals surface area (Å²) < 4.78 is 1.55. The highest BCUT2D eigenvalue weighted by molar-refractivity contribution is 7.99. The Kier molecular flexibility index (Phi) is 5.80. The van der Waals surface area contributed by atoms with Gasteiger partial charge in [-0.3, -0.25) is 4.79 Å². The molecule has 0 atom stereocenters. The fourth-order valence-electron chi connectivity index (χ4n) is 1.48. The van der Waals surface area contributed by atoms with E-state index < -0.39 is 0 Å². The van der Waals surface area contributed by atoms with Crippen LogP contribution in [0.1, 0.15) is 0 Å². The van der Waals surface area contributed by atoms with Crippen molar-refractivity contribution in [2.45, 2.75) is 11.7 Å². The molecule has 1 amide bonds. The van der Waals surface area contributed by atoms with Crippen LogP contribution in [0.25, 0.3) is 0 Å². The van der Waals surface area contributed by atoms with Gasteiger partial charge in [0.2, 0.25) is 11.1 Å². The summed E-state index contributed by atoms with van der Waals surface area (Å²) in [6, 6.07) is 5.03. The minimum atomic E-state index is -0.230. The number of nitrogens with one attached hydrogen (secondary N) is 1. The fraction of sp³-hybridized carbons (Fsp3) is 0.273. The number of nitrogens with two attached hydrogens (primary N) is 1. The van der Waals surface area contributed by atoms with E-state index in [0.29, 0.717) is 34.0 Å². The third-order valence-electron chi connectivity index (χ3n) is 2.40. The summed E-state index contributed by atoms with van der Waals surface area (Å²) in [5.74, 6) is -0.0835. The van der Waals surface area contributed by atoms with Crippen LogP contribution in [0, 0.1) is 0 Å². The summed E-state index contributed by atoms with van der Waals surface area (Å²) in [5, 5.41) is 15.1. The van der Waals surface area contributed by atoms with Crippen molar-refractivity contribution < 1.29 is 4.79 Å². The molecule has 3 N–H and O–H groups in total. The number of hydrogen-bond donors (Lipinski definition) is 2. The van der Waals surface area contributed by atoms with Crippen LogP contribution in [0.4, 0.5) is 5.69 Å². The Morgan fingerprint density at radius 2 is 2.24 bits per heavy atom. The molecule has 0 aliphatic carbocycles. The number of amides is 1. The van der Waals surface area contributed by atoms with Gasteiger partial charge in [0.1, 0.15) is 0 Å². The number of thioether (sulfide) groups is 1. The van der Waals surface area contributed by atoms with Crippen LogP contribution < -0.4 is 11.1 Å². The zero-order chi connectivity index (χ0) is 15.2. The molecular weight excluding hydrogens is 335 g/mol. The van der Waals surface area contributed by atoms with Gasteiger partial charge in [-0.1, -0.05) is 41.0 Å². The molecule has 112 valence electrons. The van der Waals surface area contributed by atoms with Crippen LogP contribution in [-0.4, -0.2) is 38.4 Å². The van der Waals surface area contributed by atoms with Crippen molar-refractivity contribution in [3.8, 4) is 0 Å². The molecule has 2 rings (SSSR count). The molecule has 0 radical (unpaired) electrons. The first kappa shape index (κ1) is 16.0. The quantitative estimate of drug-likeness (QED) is 0.772. The van der Waals surface area contributed by atoms with Crippen molar-refractivity contribution >= 4 is 46.6 Å². The Morgan fingerprint density at radius 1 is 1.43 bits per heavy atom. The summed E-state index contributed by atoms with van der Waals surface area (Å²) in [7, 11) is 0. The highest BCUT2D eigenvalue weighted by Crippen LogP contribution is 2.29. The highest BCUT2D eigenvalue weighted by atomic mass is 35.5. The molecule has 0 aliphatic rings. The summed E-state index contributed by atoms with van der Waals surface area (Å²) in [4.78, 5) is 11.9. The molecule has 10 heteroatoms. The van der Waals surface area contributed by atoms with Crippen LogP contribution in [-0.2, 0) is 11.3 Å². The Labute approximate surface area is 135 Å². The number of carbonyl (C=O) groups is 1. The summed E-state index contributed by atoms with van der Waals surface area (Å²) >= 11 is 13.1. The van der Waals surface area contributed by atoms with E-state index in [-0.39, 0.29) is 11.7 Å². The van der Waals surface area contributed by atoms with Gasteiger partial charge in [-0.2, -0.15) is 0 Å². The van der Waals surface area contributed by atoms with E-state index in [2.05, 4.69) is 20.8 Å². The second-order valence-electron chi connectivity index (χ2n) is 3.91. The lowest BCUT2D eigenvalue weighted by molar-refractivity contribution is -0.113. The smallest absolute Gasteiger partial charge is 0.234 e. The predicted molar refractivity (Wildman–Crippen MR) is 82.7 cm³/mol. The lowest BCUT2D eigenvalue weighted by Gasteiger charge is -2.07. The van der Waals surface area contributed by atoms with E-state index in [1.165, 1.54) is 11.8 Å². The molecular formula is C11H12Cl2N6OS. The second-order valence-corrected chi connectivity index (χ2v) is 5.64. The Morgan fingerprint density at radius 3 is 3.00 bits per heavy atom. The minimum absolute atomic E-state index is 0.147. The van der Waals surface area contributed by atoms with Crippen LogP contribution in [0.15, 0.2) is 23.4 Å². The molecule has 1 aromatic heterocycles. The molecule has 1 aromatic carbocycles. The van der Waals surface area contributed by atoms with Gasteiger partial charge in [-0.05, 0) is 22.6 Å². The van der Waals surface area contributed by atoms with Gasteiger partial charge in [0.05, 0.1) is 28.0 Å². The number of rotatable bonds is 6. The van der Waals surface area contributed by atoms with Crippen molar-refractivity contribution in [3.63, 3.8) is 0 Å². The summed E-state index contributed by atoms with van der Waals surface area (Å²) in [6.07, 6.45) is 0. The maximum Gasteiger partial charge on any atom is 0.234 e. The van der Waals surface area contributed by atoms with Gasteiger partial charge in [-0.15, -0.1) is 5.10 Å². The van der Waals surface area contributed by atoms with Crippen LogP contribution >= 0.6 is 35.0 Å². The molecule has 0 spiro atoms. The van der Waals surface area contributed by atoms with E-state index >= 15 is 0 Å². The molecule has 2 aromatic rings. The average molecular weight is 347 g/mol. The van der Waals surface area contributed by atoms with E-state index in [1.807, 2.05) is 0 Å². The van der Waals surface area contributed by atoms with Gasteiger partial charge >= 0.3 is 0 Å². The first-order valence-electron chi connectivity index (χ1n) is 5.94. The van der Waals surface area contributed by atoms with E-state index in [4.69, 9.17) is 28.9 Å². The van der Waals surface area contributed by atoms with Crippen molar-refractivity contribution in [2.24, 2.45) is 5.73 Å². The zero-order valence-corrected chi connectivity index (χ0v) is 13.1. The molecule has 21 heavy (non-hydrogen) atoms. The number of nitrogens with zero attached hydrogens (tertiary/aromatic N) is 4. The maximum absolute atomic E-state index is 11.9. The van der Waals surface area contributed by atoms with Crippen molar-refractivity contribution in [1.29, 1.82) is 0 Å². The number of carbonyl (C=O) groups excluding carboxylic acids is 1. The first-order valence-corrected chi connectivity index (χ1v) is 7.69. The molecule has 0 bridgehead atoms. The Hall–Kier alpha value is -1.35. The van der Waals surface area contributed by atoms with Gasteiger partial charge < -0.3 is 11.1 Å². The molecule has 1 heterocycles. The summed E-state index contributed by atoms with van der Waals surface area (Å²) in [6.45, 7) is 0.917. The average Bonchev–Trinajstić information content (AvgIpc) is 2.90. The standard InChI is InChI=1S/C11H12Cl2N6OS/c12-7-2-1-3-8(10(7)13)15-9(20)6-21-11-16-17-18-19(11)5-4-14/h1-3H,4-6,14H2,(H,15,20).